The summed E-state index contributed by atoms with van der Waals surface area (Å²) in [5, 5.41) is 19.8. The summed E-state index contributed by atoms with van der Waals surface area (Å²) in [6, 6.07) is 9.50. The first-order valence-corrected chi connectivity index (χ1v) is 12.1. The van der Waals surface area contributed by atoms with Gasteiger partial charge in [0.15, 0.2) is 0 Å². The molecule has 1 aromatic heterocycles. The highest BCUT2D eigenvalue weighted by atomic mass is 19.1. The number of cyclic esters (lactones) is 1. The van der Waals surface area contributed by atoms with Crippen molar-refractivity contribution in [1.82, 2.24) is 9.47 Å². The van der Waals surface area contributed by atoms with Crippen LogP contribution < -0.4 is 10.3 Å². The van der Waals surface area contributed by atoms with Crippen molar-refractivity contribution in [1.29, 1.82) is 0 Å². The molecule has 0 amide bonds. The average Bonchev–Trinajstić information content (AvgIpc) is 3.66. The van der Waals surface area contributed by atoms with Gasteiger partial charge >= 0.3 is 11.9 Å². The highest BCUT2D eigenvalue weighted by Crippen LogP contribution is 2.39. The second-order valence-corrected chi connectivity index (χ2v) is 9.53. The van der Waals surface area contributed by atoms with Gasteiger partial charge < -0.3 is 29.3 Å². The van der Waals surface area contributed by atoms with Crippen molar-refractivity contribution in [2.45, 2.75) is 18.9 Å². The number of phenols is 1. The summed E-state index contributed by atoms with van der Waals surface area (Å²) in [7, 11) is 0. The average molecular weight is 506 g/mol. The number of phenolic OH excluding ortho intramolecular Hbond substituents is 1. The van der Waals surface area contributed by atoms with E-state index in [0.29, 0.717) is 54.2 Å². The smallest absolute Gasteiger partial charge is 0.341 e. The second kappa shape index (κ2) is 8.65. The molecule has 3 aliphatic rings. The number of carboxylic acid groups (broad SMARTS) is 1. The molecule has 0 radical (unpaired) electrons. The molecule has 37 heavy (non-hydrogen) atoms. The number of aromatic carboxylic acids is 1. The lowest BCUT2D eigenvalue weighted by atomic mass is 10.0. The predicted molar refractivity (Wildman–Crippen MR) is 133 cm³/mol. The molecule has 2 N–H and O–H groups in total. The maximum atomic E-state index is 15.3. The molecule has 0 atom stereocenters. The Morgan fingerprint density at radius 3 is 2.41 bits per heavy atom. The first kappa shape index (κ1) is 23.1. The maximum Gasteiger partial charge on any atom is 0.341 e. The molecule has 0 spiro atoms. The van der Waals surface area contributed by atoms with Crippen molar-refractivity contribution in [3.63, 3.8) is 0 Å². The Bertz CT molecular complexity index is 1550. The normalized spacial score (nSPS) is 18.0. The molecule has 3 aromatic rings. The number of carboxylic acids is 1. The molecule has 0 bridgehead atoms. The number of esters is 1. The Labute approximate surface area is 210 Å². The predicted octanol–water partition coefficient (Wildman–Crippen LogP) is 2.97. The van der Waals surface area contributed by atoms with Crippen LogP contribution in [0.15, 0.2) is 53.1 Å². The zero-order valence-electron chi connectivity index (χ0n) is 19.8. The number of aromatic nitrogens is 1. The van der Waals surface area contributed by atoms with Crippen molar-refractivity contribution in [2.24, 2.45) is 0 Å². The summed E-state index contributed by atoms with van der Waals surface area (Å²) >= 11 is 0. The van der Waals surface area contributed by atoms with Gasteiger partial charge in [0.25, 0.3) is 0 Å². The Balaban J connectivity index is 1.31. The third-order valence-electron chi connectivity index (χ3n) is 7.28. The van der Waals surface area contributed by atoms with Crippen LogP contribution in [0.4, 0.5) is 10.1 Å². The number of carbonyl (C=O) groups excluding carboxylic acids is 1. The molecule has 1 saturated carbocycles. The fraction of sp³-hybridized carbons (Fsp3) is 0.296. The van der Waals surface area contributed by atoms with E-state index in [-0.39, 0.29) is 29.3 Å². The number of ether oxygens (including phenoxy) is 1. The summed E-state index contributed by atoms with van der Waals surface area (Å²) in [6.07, 6.45) is 3.11. The number of para-hydroxylation sites is 1. The van der Waals surface area contributed by atoms with Gasteiger partial charge in [-0.15, -0.1) is 0 Å². The van der Waals surface area contributed by atoms with Gasteiger partial charge in [0.05, 0.1) is 22.5 Å². The third-order valence-corrected chi connectivity index (χ3v) is 7.28. The second-order valence-electron chi connectivity index (χ2n) is 9.53. The van der Waals surface area contributed by atoms with E-state index in [0.717, 1.165) is 18.9 Å². The molecule has 10 heteroatoms. The number of piperazine rings is 1. The van der Waals surface area contributed by atoms with E-state index in [1.165, 1.54) is 12.3 Å². The molecule has 2 aliphatic heterocycles. The summed E-state index contributed by atoms with van der Waals surface area (Å²) in [5.41, 5.74) is 1.27. The number of hydrogen-bond donors (Lipinski definition) is 2. The number of aromatic hydroxyl groups is 1. The maximum absolute atomic E-state index is 15.3. The minimum absolute atomic E-state index is 0.00140. The lowest BCUT2D eigenvalue weighted by Crippen LogP contribution is -2.46. The van der Waals surface area contributed by atoms with Gasteiger partial charge in [-0.2, -0.15) is 0 Å². The van der Waals surface area contributed by atoms with Crippen molar-refractivity contribution in [2.75, 3.05) is 37.7 Å². The topological polar surface area (TPSA) is 112 Å². The molecular weight excluding hydrogens is 481 g/mol. The van der Waals surface area contributed by atoms with Crippen molar-refractivity contribution < 1.29 is 28.9 Å². The standard InChI is InChI=1S/C27H24FN3O6/c28-19-11-17-20(31(15-5-6-15)13-18(25(17)33)26(34)35)12-21(19)29-7-9-30(10-8-29)22-14-37-27(36)24(22)16-3-1-2-4-23(16)32/h1-4,11-13,15,32H,5-10,14H2,(H,34,35). The fourth-order valence-corrected chi connectivity index (χ4v) is 5.22. The van der Waals surface area contributed by atoms with E-state index >= 15 is 4.39 Å². The largest absolute Gasteiger partial charge is 0.507 e. The molecule has 3 heterocycles. The SMILES string of the molecule is O=C1OCC(N2CCN(c3cc4c(cc3F)c(=O)c(C(=O)O)cn4C3CC3)CC2)=C1c1ccccc1O. The van der Waals surface area contributed by atoms with E-state index in [9.17, 15) is 24.6 Å². The summed E-state index contributed by atoms with van der Waals surface area (Å²) < 4.78 is 22.4. The number of carbonyl (C=O) groups is 2. The molecule has 190 valence electrons. The highest BCUT2D eigenvalue weighted by molar-refractivity contribution is 6.20. The summed E-state index contributed by atoms with van der Waals surface area (Å²) in [6.45, 7) is 2.00. The van der Waals surface area contributed by atoms with Crippen LogP contribution in [0.5, 0.6) is 5.75 Å². The van der Waals surface area contributed by atoms with Gasteiger partial charge in [-0.3, -0.25) is 4.79 Å². The van der Waals surface area contributed by atoms with Crippen LogP contribution in [0.2, 0.25) is 0 Å². The minimum atomic E-state index is -1.33. The number of pyridine rings is 1. The molecule has 9 nitrogen and oxygen atoms in total. The van der Waals surface area contributed by atoms with Crippen LogP contribution in [-0.2, 0) is 9.53 Å². The Hall–Kier alpha value is -4.34. The molecule has 0 unspecified atom stereocenters. The van der Waals surface area contributed by atoms with E-state index in [2.05, 4.69) is 0 Å². The Morgan fingerprint density at radius 2 is 1.73 bits per heavy atom. The highest BCUT2D eigenvalue weighted by Gasteiger charge is 2.33. The van der Waals surface area contributed by atoms with Crippen molar-refractivity contribution >= 4 is 34.1 Å². The van der Waals surface area contributed by atoms with Gasteiger partial charge in [0.2, 0.25) is 5.43 Å². The lowest BCUT2D eigenvalue weighted by molar-refractivity contribution is -0.134. The van der Waals surface area contributed by atoms with Crippen LogP contribution >= 0.6 is 0 Å². The van der Waals surface area contributed by atoms with Gasteiger partial charge in [-0.1, -0.05) is 18.2 Å². The first-order chi connectivity index (χ1) is 17.8. The number of anilines is 1. The van der Waals surface area contributed by atoms with Crippen LogP contribution in [0.3, 0.4) is 0 Å². The first-order valence-electron chi connectivity index (χ1n) is 12.1. The molecule has 2 aromatic carbocycles. The quantitative estimate of drug-likeness (QED) is 0.509. The van der Waals surface area contributed by atoms with E-state index < -0.39 is 23.2 Å². The van der Waals surface area contributed by atoms with E-state index in [1.807, 2.05) is 9.80 Å². The third kappa shape index (κ3) is 3.89. The number of rotatable bonds is 5. The Kier molecular flexibility index (Phi) is 5.40. The van der Waals surface area contributed by atoms with Crippen LogP contribution in [-0.4, -0.2) is 64.4 Å². The molecule has 1 saturated heterocycles. The number of nitrogens with zero attached hydrogens (tertiary/aromatic N) is 3. The zero-order chi connectivity index (χ0) is 25.8. The number of hydrogen-bond acceptors (Lipinski definition) is 7. The zero-order valence-corrected chi connectivity index (χ0v) is 19.8. The van der Waals surface area contributed by atoms with Crippen molar-refractivity contribution in [3.8, 4) is 5.75 Å². The summed E-state index contributed by atoms with van der Waals surface area (Å²) in [5.74, 6) is -2.40. The van der Waals surface area contributed by atoms with Gasteiger partial charge in [-0.05, 0) is 31.0 Å². The van der Waals surface area contributed by atoms with Gasteiger partial charge in [-0.25, -0.2) is 14.0 Å². The minimum Gasteiger partial charge on any atom is -0.507 e. The van der Waals surface area contributed by atoms with Crippen molar-refractivity contribution in [3.05, 3.63) is 75.5 Å². The summed E-state index contributed by atoms with van der Waals surface area (Å²) in [4.78, 5) is 40.7. The molecule has 2 fully saturated rings. The number of benzene rings is 2. The molecule has 1 aliphatic carbocycles. The monoisotopic (exact) mass is 505 g/mol. The lowest BCUT2D eigenvalue weighted by Gasteiger charge is -2.38. The van der Waals surface area contributed by atoms with Gasteiger partial charge in [0.1, 0.15) is 23.7 Å². The number of halogens is 1. The van der Waals surface area contributed by atoms with Crippen LogP contribution in [0.1, 0.15) is 34.8 Å². The molecular formula is C27H24FN3O6. The van der Waals surface area contributed by atoms with Gasteiger partial charge in [0, 0.05) is 49.4 Å². The fourth-order valence-electron chi connectivity index (χ4n) is 5.22. The van der Waals surface area contributed by atoms with Crippen LogP contribution in [0.25, 0.3) is 16.5 Å². The van der Waals surface area contributed by atoms with E-state index in [1.54, 1.807) is 28.8 Å². The molecule has 6 rings (SSSR count). The Morgan fingerprint density at radius 1 is 1.03 bits per heavy atom. The number of fused-ring (bicyclic) bond motifs is 1. The van der Waals surface area contributed by atoms with E-state index in [4.69, 9.17) is 4.74 Å². The van der Waals surface area contributed by atoms with Crippen LogP contribution in [0, 0.1) is 5.82 Å².